The normalized spacial score (nSPS) is 12.1. The van der Waals surface area contributed by atoms with Crippen LogP contribution in [0, 0.1) is 0 Å². The van der Waals surface area contributed by atoms with E-state index in [1.54, 1.807) is 0 Å². The molecule has 0 fully saturated rings. The van der Waals surface area contributed by atoms with Gasteiger partial charge in [-0.3, -0.25) is 14.4 Å². The van der Waals surface area contributed by atoms with Crippen molar-refractivity contribution < 1.29 is 28.6 Å². The third-order valence-corrected chi connectivity index (χ3v) is 16.2. The third kappa shape index (κ3) is 64.7. The molecule has 0 rings (SSSR count). The molecule has 0 amide bonds. The van der Waals surface area contributed by atoms with Crippen LogP contribution in [0.25, 0.3) is 0 Å². The molecule has 1 unspecified atom stereocenters. The lowest BCUT2D eigenvalue weighted by atomic mass is 10.0. The number of hydrogen-bond acceptors (Lipinski definition) is 6. The number of ether oxygens (including phenoxy) is 3. The minimum Gasteiger partial charge on any atom is -0.462 e. The molecule has 0 aliphatic rings. The standard InChI is InChI=1S/C72H136O6/c1-4-7-10-13-16-19-22-25-27-29-31-32-33-34-35-36-37-38-39-40-41-43-44-47-50-53-56-59-62-65-71(74)77-68-69(67-76-70(73)64-61-58-55-52-49-46-24-21-18-15-12-9-6-3)78-72(75)66-63-60-57-54-51-48-45-42-30-28-26-23-20-17-14-11-8-5-2/h28-31,69H,4-27,32-68H2,1-3H3/b30-28-,31-29-. The largest absolute Gasteiger partial charge is 0.462 e. The van der Waals surface area contributed by atoms with Crippen LogP contribution in [0.2, 0.25) is 0 Å². The number of allylic oxidation sites excluding steroid dienone is 4. The maximum absolute atomic E-state index is 12.9. The highest BCUT2D eigenvalue weighted by atomic mass is 16.6. The smallest absolute Gasteiger partial charge is 0.306 e. The van der Waals surface area contributed by atoms with Gasteiger partial charge in [-0.1, -0.05) is 334 Å². The highest BCUT2D eigenvalue weighted by Gasteiger charge is 2.19. The molecule has 0 bridgehead atoms. The average Bonchev–Trinajstić information content (AvgIpc) is 3.44. The first-order valence-corrected chi connectivity index (χ1v) is 35.3. The van der Waals surface area contributed by atoms with Gasteiger partial charge in [-0.05, 0) is 70.6 Å². The number of carbonyl (C=O) groups excluding carboxylic acids is 3. The van der Waals surface area contributed by atoms with Crippen LogP contribution in [0.5, 0.6) is 0 Å². The fourth-order valence-electron chi connectivity index (χ4n) is 10.8. The van der Waals surface area contributed by atoms with Crippen molar-refractivity contribution >= 4 is 17.9 Å². The molecule has 78 heavy (non-hydrogen) atoms. The number of esters is 3. The molecular formula is C72H136O6. The molecule has 0 saturated heterocycles. The Morgan fingerprint density at radius 3 is 0.641 bits per heavy atom. The Hall–Kier alpha value is -2.11. The van der Waals surface area contributed by atoms with Gasteiger partial charge in [-0.15, -0.1) is 0 Å². The molecule has 0 radical (unpaired) electrons. The van der Waals surface area contributed by atoms with Gasteiger partial charge in [0.2, 0.25) is 0 Å². The van der Waals surface area contributed by atoms with Gasteiger partial charge in [0.15, 0.2) is 6.10 Å². The summed E-state index contributed by atoms with van der Waals surface area (Å²) in [4.78, 5) is 38.4. The van der Waals surface area contributed by atoms with Gasteiger partial charge < -0.3 is 14.2 Å². The molecule has 460 valence electrons. The van der Waals surface area contributed by atoms with Crippen LogP contribution in [0.1, 0.15) is 400 Å². The first kappa shape index (κ1) is 75.9. The van der Waals surface area contributed by atoms with Crippen LogP contribution in [0.15, 0.2) is 24.3 Å². The molecule has 0 spiro atoms. The summed E-state index contributed by atoms with van der Waals surface area (Å²) < 4.78 is 17.0. The van der Waals surface area contributed by atoms with E-state index in [0.717, 1.165) is 57.8 Å². The number of carbonyl (C=O) groups is 3. The first-order valence-electron chi connectivity index (χ1n) is 35.3. The Labute approximate surface area is 487 Å². The second kappa shape index (κ2) is 67.4. The molecule has 0 aromatic heterocycles. The maximum Gasteiger partial charge on any atom is 0.306 e. The van der Waals surface area contributed by atoms with E-state index in [0.29, 0.717) is 19.3 Å². The summed E-state index contributed by atoms with van der Waals surface area (Å²) in [5.41, 5.74) is 0. The van der Waals surface area contributed by atoms with E-state index in [-0.39, 0.29) is 31.1 Å². The van der Waals surface area contributed by atoms with Gasteiger partial charge in [0.05, 0.1) is 0 Å². The summed E-state index contributed by atoms with van der Waals surface area (Å²) in [6.45, 7) is 6.71. The van der Waals surface area contributed by atoms with E-state index in [9.17, 15) is 14.4 Å². The van der Waals surface area contributed by atoms with E-state index in [1.807, 2.05) is 0 Å². The fraction of sp³-hybridized carbons (Fsp3) is 0.903. The predicted molar refractivity (Wildman–Crippen MR) is 340 cm³/mol. The predicted octanol–water partition coefficient (Wildman–Crippen LogP) is 24.2. The maximum atomic E-state index is 12.9. The van der Waals surface area contributed by atoms with E-state index in [2.05, 4.69) is 45.1 Å². The summed E-state index contributed by atoms with van der Waals surface area (Å²) in [5.74, 6) is -0.840. The zero-order chi connectivity index (χ0) is 56.4. The van der Waals surface area contributed by atoms with Crippen LogP contribution < -0.4 is 0 Å². The van der Waals surface area contributed by atoms with Crippen molar-refractivity contribution in [3.05, 3.63) is 24.3 Å². The van der Waals surface area contributed by atoms with Crippen molar-refractivity contribution in [2.45, 2.75) is 406 Å². The molecule has 0 aromatic carbocycles. The van der Waals surface area contributed by atoms with Gasteiger partial charge in [0.1, 0.15) is 13.2 Å². The Balaban J connectivity index is 4.17. The summed E-state index contributed by atoms with van der Waals surface area (Å²) in [6, 6.07) is 0. The van der Waals surface area contributed by atoms with Crippen LogP contribution in [-0.2, 0) is 28.6 Å². The molecular weight excluding hydrogens is 961 g/mol. The van der Waals surface area contributed by atoms with Crippen LogP contribution in [0.4, 0.5) is 0 Å². The van der Waals surface area contributed by atoms with E-state index in [4.69, 9.17) is 14.2 Å². The molecule has 0 aromatic rings. The van der Waals surface area contributed by atoms with Crippen LogP contribution in [0.3, 0.4) is 0 Å². The molecule has 0 N–H and O–H groups in total. The second-order valence-corrected chi connectivity index (χ2v) is 24.1. The minimum atomic E-state index is -0.770. The molecule has 0 heterocycles. The zero-order valence-corrected chi connectivity index (χ0v) is 53.0. The number of rotatable bonds is 66. The van der Waals surface area contributed by atoms with Crippen molar-refractivity contribution in [1.29, 1.82) is 0 Å². The van der Waals surface area contributed by atoms with Gasteiger partial charge in [0.25, 0.3) is 0 Å². The third-order valence-electron chi connectivity index (χ3n) is 16.2. The lowest BCUT2D eigenvalue weighted by Gasteiger charge is -2.18. The SMILES string of the molecule is CCCCCCCCC/C=C\CCCCCCCCCC(=O)OC(COC(=O)CCCCCCCCCCCCCCC)COC(=O)CCCCCCCCCCCCCCCCCCC/C=C\CCCCCCCCCC. The molecule has 1 atom stereocenters. The first-order chi connectivity index (χ1) is 38.5. The molecule has 0 saturated carbocycles. The average molecular weight is 1100 g/mol. The summed E-state index contributed by atoms with van der Waals surface area (Å²) in [6.07, 6.45) is 82.1. The van der Waals surface area contributed by atoms with Crippen molar-refractivity contribution in [3.63, 3.8) is 0 Å². The number of unbranched alkanes of at least 4 members (excludes halogenated alkanes) is 51. The lowest BCUT2D eigenvalue weighted by molar-refractivity contribution is -0.167. The Morgan fingerprint density at radius 2 is 0.423 bits per heavy atom. The zero-order valence-electron chi connectivity index (χ0n) is 53.0. The summed E-state index contributed by atoms with van der Waals surface area (Å²) in [5, 5.41) is 0. The second-order valence-electron chi connectivity index (χ2n) is 24.1. The van der Waals surface area contributed by atoms with E-state index >= 15 is 0 Å². The fourth-order valence-corrected chi connectivity index (χ4v) is 10.8. The van der Waals surface area contributed by atoms with Gasteiger partial charge >= 0.3 is 17.9 Å². The van der Waals surface area contributed by atoms with Crippen LogP contribution >= 0.6 is 0 Å². The van der Waals surface area contributed by atoms with E-state index in [1.165, 1.54) is 302 Å². The summed E-state index contributed by atoms with van der Waals surface area (Å²) >= 11 is 0. The van der Waals surface area contributed by atoms with Crippen molar-refractivity contribution in [3.8, 4) is 0 Å². The van der Waals surface area contributed by atoms with E-state index < -0.39 is 6.10 Å². The topological polar surface area (TPSA) is 78.9 Å². The quantitative estimate of drug-likeness (QED) is 0.0261. The lowest BCUT2D eigenvalue weighted by Crippen LogP contribution is -2.30. The monoisotopic (exact) mass is 1100 g/mol. The Kier molecular flexibility index (Phi) is 65.6. The highest BCUT2D eigenvalue weighted by molar-refractivity contribution is 5.71. The Morgan fingerprint density at radius 1 is 0.244 bits per heavy atom. The minimum absolute atomic E-state index is 0.0668. The molecule has 0 aliphatic carbocycles. The van der Waals surface area contributed by atoms with Crippen molar-refractivity contribution in [1.82, 2.24) is 0 Å². The molecule has 6 heteroatoms. The molecule has 6 nitrogen and oxygen atoms in total. The Bertz CT molecular complexity index is 1260. The molecule has 0 aliphatic heterocycles. The number of hydrogen-bond donors (Lipinski definition) is 0. The van der Waals surface area contributed by atoms with Crippen molar-refractivity contribution in [2.75, 3.05) is 13.2 Å². The van der Waals surface area contributed by atoms with Gasteiger partial charge in [-0.25, -0.2) is 0 Å². The summed E-state index contributed by atoms with van der Waals surface area (Å²) in [7, 11) is 0. The van der Waals surface area contributed by atoms with Gasteiger partial charge in [0, 0.05) is 19.3 Å². The van der Waals surface area contributed by atoms with Crippen molar-refractivity contribution in [2.24, 2.45) is 0 Å². The highest BCUT2D eigenvalue weighted by Crippen LogP contribution is 2.18. The van der Waals surface area contributed by atoms with Crippen LogP contribution in [-0.4, -0.2) is 37.2 Å². The van der Waals surface area contributed by atoms with Gasteiger partial charge in [-0.2, -0.15) is 0 Å².